The van der Waals surface area contributed by atoms with E-state index in [4.69, 9.17) is 0 Å². The van der Waals surface area contributed by atoms with Gasteiger partial charge in [-0.05, 0) is 39.3 Å². The number of nitrogens with zero attached hydrogens (tertiary/aromatic N) is 3. The third-order valence-corrected chi connectivity index (χ3v) is 3.60. The first-order valence-electron chi connectivity index (χ1n) is 7.43. The number of nitro benzene ring substituents is 1. The lowest BCUT2D eigenvalue weighted by Crippen LogP contribution is -2.26. The molecule has 0 spiro atoms. The van der Waals surface area contributed by atoms with Crippen LogP contribution in [0.3, 0.4) is 0 Å². The second-order valence-corrected chi connectivity index (χ2v) is 5.49. The first-order chi connectivity index (χ1) is 10.9. The van der Waals surface area contributed by atoms with Gasteiger partial charge >= 0.3 is 0 Å². The fourth-order valence-electron chi connectivity index (χ4n) is 2.51. The number of aryl methyl sites for hydroxylation is 4. The van der Waals surface area contributed by atoms with Gasteiger partial charge in [-0.3, -0.25) is 19.6 Å². The van der Waals surface area contributed by atoms with E-state index in [1.54, 1.807) is 19.1 Å². The van der Waals surface area contributed by atoms with Gasteiger partial charge in [-0.25, -0.2) is 0 Å². The maximum atomic E-state index is 12.2. The molecule has 23 heavy (non-hydrogen) atoms. The number of rotatable bonds is 6. The van der Waals surface area contributed by atoms with Crippen LogP contribution in [0.2, 0.25) is 0 Å². The van der Waals surface area contributed by atoms with Gasteiger partial charge in [0.15, 0.2) is 0 Å². The van der Waals surface area contributed by atoms with Crippen molar-refractivity contribution >= 4 is 11.6 Å². The number of amides is 1. The maximum absolute atomic E-state index is 12.2. The van der Waals surface area contributed by atoms with Crippen LogP contribution >= 0.6 is 0 Å². The molecule has 0 radical (unpaired) electrons. The number of hydrogen-bond donors (Lipinski definition) is 1. The van der Waals surface area contributed by atoms with Crippen LogP contribution in [-0.2, 0) is 6.54 Å². The minimum atomic E-state index is -0.514. The van der Waals surface area contributed by atoms with E-state index in [1.165, 1.54) is 6.07 Å². The van der Waals surface area contributed by atoms with Gasteiger partial charge in [-0.1, -0.05) is 12.1 Å². The molecule has 0 aliphatic rings. The van der Waals surface area contributed by atoms with E-state index in [-0.39, 0.29) is 11.3 Å². The quantitative estimate of drug-likeness (QED) is 0.504. The summed E-state index contributed by atoms with van der Waals surface area (Å²) in [5.74, 6) is -0.422. The molecule has 7 nitrogen and oxygen atoms in total. The minimum absolute atomic E-state index is 0.0983. The molecule has 0 unspecified atom stereocenters. The van der Waals surface area contributed by atoms with Crippen molar-refractivity contribution in [1.82, 2.24) is 15.1 Å². The highest BCUT2D eigenvalue weighted by Gasteiger charge is 2.21. The highest BCUT2D eigenvalue weighted by atomic mass is 16.6. The van der Waals surface area contributed by atoms with Gasteiger partial charge in [0, 0.05) is 24.3 Å². The number of carbonyl (C=O) groups is 1. The summed E-state index contributed by atoms with van der Waals surface area (Å²) in [6, 6.07) is 6.74. The van der Waals surface area contributed by atoms with Crippen molar-refractivity contribution in [3.05, 3.63) is 56.9 Å². The van der Waals surface area contributed by atoms with E-state index in [9.17, 15) is 14.9 Å². The molecule has 1 N–H and O–H groups in total. The van der Waals surface area contributed by atoms with Crippen molar-refractivity contribution in [1.29, 1.82) is 0 Å². The second-order valence-electron chi connectivity index (χ2n) is 5.49. The van der Waals surface area contributed by atoms with E-state index >= 15 is 0 Å². The Bertz CT molecular complexity index is 737. The lowest BCUT2D eigenvalue weighted by Gasteiger charge is -2.08. The molecule has 1 heterocycles. The number of benzene rings is 1. The fourth-order valence-corrected chi connectivity index (χ4v) is 2.51. The van der Waals surface area contributed by atoms with Gasteiger partial charge in [0.2, 0.25) is 0 Å². The van der Waals surface area contributed by atoms with E-state index in [1.807, 2.05) is 24.6 Å². The molecule has 1 amide bonds. The SMILES string of the molecule is Cc1cc(C)n(CCCNC(=O)c2cccc(C)c2[N+](=O)[O-])n1. The Hall–Kier alpha value is -2.70. The van der Waals surface area contributed by atoms with Crippen molar-refractivity contribution in [3.8, 4) is 0 Å². The molecule has 0 saturated carbocycles. The van der Waals surface area contributed by atoms with E-state index < -0.39 is 10.8 Å². The number of carbonyl (C=O) groups excluding carboxylic acids is 1. The zero-order chi connectivity index (χ0) is 17.0. The molecule has 0 saturated heterocycles. The van der Waals surface area contributed by atoms with Crippen molar-refractivity contribution in [2.45, 2.75) is 33.7 Å². The molecule has 0 aliphatic carbocycles. The second kappa shape index (κ2) is 7.04. The van der Waals surface area contributed by atoms with Crippen LogP contribution in [0.4, 0.5) is 5.69 Å². The molecule has 0 atom stereocenters. The molecule has 0 aliphatic heterocycles. The molecule has 2 aromatic rings. The molecular formula is C16H20N4O3. The Morgan fingerprint density at radius 2 is 2.09 bits per heavy atom. The largest absolute Gasteiger partial charge is 0.352 e. The molecule has 1 aromatic carbocycles. The van der Waals surface area contributed by atoms with E-state index in [2.05, 4.69) is 10.4 Å². The van der Waals surface area contributed by atoms with Gasteiger partial charge in [0.05, 0.1) is 10.6 Å². The topological polar surface area (TPSA) is 90.1 Å². The van der Waals surface area contributed by atoms with Crippen molar-refractivity contribution in [2.75, 3.05) is 6.54 Å². The third kappa shape index (κ3) is 3.94. The average Bonchev–Trinajstić information content (AvgIpc) is 2.80. The maximum Gasteiger partial charge on any atom is 0.285 e. The predicted octanol–water partition coefficient (Wildman–Crippen LogP) is 2.54. The van der Waals surface area contributed by atoms with E-state index in [0.29, 0.717) is 25.1 Å². The smallest absolute Gasteiger partial charge is 0.285 e. The Balaban J connectivity index is 1.94. The Kier molecular flexibility index (Phi) is 5.10. The highest BCUT2D eigenvalue weighted by Crippen LogP contribution is 2.22. The molecule has 1 aromatic heterocycles. The summed E-state index contributed by atoms with van der Waals surface area (Å²) in [5.41, 5.74) is 2.47. The molecule has 7 heteroatoms. The number of aromatic nitrogens is 2. The summed E-state index contributed by atoms with van der Waals surface area (Å²) in [7, 11) is 0. The van der Waals surface area contributed by atoms with Crippen molar-refractivity contribution in [3.63, 3.8) is 0 Å². The lowest BCUT2D eigenvalue weighted by molar-refractivity contribution is -0.385. The average molecular weight is 316 g/mol. The minimum Gasteiger partial charge on any atom is -0.352 e. The van der Waals surface area contributed by atoms with Crippen molar-refractivity contribution in [2.24, 2.45) is 0 Å². The molecule has 122 valence electrons. The fraction of sp³-hybridized carbons (Fsp3) is 0.375. The summed E-state index contributed by atoms with van der Waals surface area (Å²) >= 11 is 0. The number of hydrogen-bond acceptors (Lipinski definition) is 4. The Labute approximate surface area is 134 Å². The first-order valence-corrected chi connectivity index (χ1v) is 7.43. The standard InChI is InChI=1S/C16H20N4O3/c1-11-6-4-7-14(15(11)20(22)23)16(21)17-8-5-9-19-13(3)10-12(2)18-19/h4,6-7,10H,5,8-9H2,1-3H3,(H,17,21). The summed E-state index contributed by atoms with van der Waals surface area (Å²) in [6.45, 7) is 6.66. The summed E-state index contributed by atoms with van der Waals surface area (Å²) in [5, 5.41) is 18.2. The number of nitro groups is 1. The van der Waals surface area contributed by atoms with Gasteiger partial charge in [0.1, 0.15) is 5.56 Å². The Morgan fingerprint density at radius 3 is 2.70 bits per heavy atom. The number of para-hydroxylation sites is 1. The number of nitrogens with one attached hydrogen (secondary N) is 1. The Morgan fingerprint density at radius 1 is 1.35 bits per heavy atom. The normalized spacial score (nSPS) is 10.6. The highest BCUT2D eigenvalue weighted by molar-refractivity contribution is 5.98. The summed E-state index contributed by atoms with van der Waals surface area (Å²) in [4.78, 5) is 22.8. The lowest BCUT2D eigenvalue weighted by atomic mass is 10.1. The summed E-state index contributed by atoms with van der Waals surface area (Å²) in [6.07, 6.45) is 0.702. The van der Waals surface area contributed by atoms with Crippen LogP contribution in [0.5, 0.6) is 0 Å². The van der Waals surface area contributed by atoms with Gasteiger partial charge in [-0.2, -0.15) is 5.10 Å². The zero-order valence-electron chi connectivity index (χ0n) is 13.5. The first kappa shape index (κ1) is 16.7. The molecular weight excluding hydrogens is 296 g/mol. The third-order valence-electron chi connectivity index (χ3n) is 3.60. The monoisotopic (exact) mass is 316 g/mol. The van der Waals surface area contributed by atoms with Gasteiger partial charge in [-0.15, -0.1) is 0 Å². The van der Waals surface area contributed by atoms with Crippen molar-refractivity contribution < 1.29 is 9.72 Å². The van der Waals surface area contributed by atoms with Crippen LogP contribution in [0, 0.1) is 30.9 Å². The molecule has 0 fully saturated rings. The zero-order valence-corrected chi connectivity index (χ0v) is 13.5. The molecule has 0 bridgehead atoms. The van der Waals surface area contributed by atoms with Crippen LogP contribution in [0.15, 0.2) is 24.3 Å². The van der Waals surface area contributed by atoms with Crippen LogP contribution in [-0.4, -0.2) is 27.2 Å². The van der Waals surface area contributed by atoms with Gasteiger partial charge in [0.25, 0.3) is 11.6 Å². The molecule has 2 rings (SSSR count). The van der Waals surface area contributed by atoms with Crippen LogP contribution in [0.25, 0.3) is 0 Å². The van der Waals surface area contributed by atoms with Crippen LogP contribution in [0.1, 0.15) is 33.7 Å². The summed E-state index contributed by atoms with van der Waals surface area (Å²) < 4.78 is 1.89. The van der Waals surface area contributed by atoms with Gasteiger partial charge < -0.3 is 5.32 Å². The predicted molar refractivity (Wildman–Crippen MR) is 86.5 cm³/mol. The van der Waals surface area contributed by atoms with E-state index in [0.717, 1.165) is 11.4 Å². The van der Waals surface area contributed by atoms with Crippen LogP contribution < -0.4 is 5.32 Å².